The third-order valence-corrected chi connectivity index (χ3v) is 11.6. The van der Waals surface area contributed by atoms with Gasteiger partial charge in [-0.15, -0.1) is 13.2 Å². The van der Waals surface area contributed by atoms with E-state index in [2.05, 4.69) is 106 Å². The third-order valence-electron chi connectivity index (χ3n) is 11.6. The second kappa shape index (κ2) is 27.3. The van der Waals surface area contributed by atoms with Crippen molar-refractivity contribution in [2.24, 2.45) is 11.8 Å². The molecule has 1 aliphatic heterocycles. The van der Waals surface area contributed by atoms with Gasteiger partial charge < -0.3 is 34.5 Å². The standard InChI is InChI=1S/C23H28O6.C19H28N2.C14H19N/c1-14-10-22(20(26-5)12-18(14)16(3)24)28-8-7-9-29-23-11-15(2)19(17(4)25)13-21(23)27-6;1-5-16(3)15-17(6-2)18-7-9-19(10-8-18)21-13-11-20(4)12-14-21;1-4-11(3)10-12(5-2)13-6-8-14(15)9-7-13/h10-13H,7-9H2,1-6H3;5-10,16H,1,11-15H2,2-4H3;4-9,11H,1,10,15H2,2-3H3/b;17-6+;12-5+. The van der Waals surface area contributed by atoms with Gasteiger partial charge in [0.15, 0.2) is 34.6 Å². The van der Waals surface area contributed by atoms with Gasteiger partial charge in [-0.05, 0) is 155 Å². The Balaban J connectivity index is 0.000000274. The summed E-state index contributed by atoms with van der Waals surface area (Å²) in [6, 6.07) is 24.1. The fraction of sp³-hybridized carbons (Fsp3) is 0.393. The van der Waals surface area contributed by atoms with Crippen LogP contribution >= 0.6 is 0 Å². The molecule has 0 spiro atoms. The molecule has 0 amide bonds. The van der Waals surface area contributed by atoms with E-state index in [1.54, 1.807) is 26.4 Å². The van der Waals surface area contributed by atoms with Crippen LogP contribution in [0.5, 0.6) is 23.0 Å². The Kier molecular flexibility index (Phi) is 22.4. The van der Waals surface area contributed by atoms with Crippen molar-refractivity contribution in [3.8, 4) is 23.0 Å². The number of hydrogen-bond acceptors (Lipinski definition) is 9. The summed E-state index contributed by atoms with van der Waals surface area (Å²) in [4.78, 5) is 28.2. The van der Waals surface area contributed by atoms with Crippen LogP contribution in [0.15, 0.2) is 110 Å². The molecule has 9 nitrogen and oxygen atoms in total. The molecule has 0 aromatic heterocycles. The van der Waals surface area contributed by atoms with E-state index >= 15 is 0 Å². The summed E-state index contributed by atoms with van der Waals surface area (Å²) in [5.41, 5.74) is 16.1. The molecule has 0 saturated carbocycles. The van der Waals surface area contributed by atoms with Crippen molar-refractivity contribution in [2.75, 3.05) is 71.3 Å². The van der Waals surface area contributed by atoms with Crippen molar-refractivity contribution in [1.29, 1.82) is 0 Å². The molecule has 4 aromatic carbocycles. The molecular weight excluding hydrogens is 811 g/mol. The zero-order valence-electron chi connectivity index (χ0n) is 41.1. The van der Waals surface area contributed by atoms with Crippen molar-refractivity contribution in [3.05, 3.63) is 144 Å². The fourth-order valence-electron chi connectivity index (χ4n) is 7.36. The number of ether oxygens (including phenoxy) is 4. The van der Waals surface area contributed by atoms with Gasteiger partial charge in [-0.1, -0.05) is 62.4 Å². The van der Waals surface area contributed by atoms with Gasteiger partial charge >= 0.3 is 0 Å². The Morgan fingerprint density at radius 2 is 1.06 bits per heavy atom. The number of benzene rings is 4. The lowest BCUT2D eigenvalue weighted by Crippen LogP contribution is -2.44. The minimum atomic E-state index is -0.0132. The van der Waals surface area contributed by atoms with Gasteiger partial charge in [0.2, 0.25) is 0 Å². The average molecular weight is 886 g/mol. The molecule has 9 heteroatoms. The molecule has 1 heterocycles. The Morgan fingerprint density at radius 3 is 1.42 bits per heavy atom. The van der Waals surface area contributed by atoms with E-state index in [-0.39, 0.29) is 11.6 Å². The Morgan fingerprint density at radius 1 is 0.662 bits per heavy atom. The molecule has 1 aliphatic rings. The number of carbonyl (C=O) groups is 2. The monoisotopic (exact) mass is 886 g/mol. The first kappa shape index (κ1) is 53.3. The number of ketones is 2. The lowest BCUT2D eigenvalue weighted by atomic mass is 9.95. The highest BCUT2D eigenvalue weighted by atomic mass is 16.5. The van der Waals surface area contributed by atoms with E-state index in [1.165, 1.54) is 41.8 Å². The van der Waals surface area contributed by atoms with E-state index in [0.717, 1.165) is 55.8 Å². The van der Waals surface area contributed by atoms with E-state index < -0.39 is 0 Å². The van der Waals surface area contributed by atoms with Crippen LogP contribution in [0, 0.1) is 25.7 Å². The molecule has 350 valence electrons. The summed E-state index contributed by atoms with van der Waals surface area (Å²) in [5.74, 6) is 3.24. The smallest absolute Gasteiger partial charge is 0.161 e. The predicted octanol–water partition coefficient (Wildman–Crippen LogP) is 12.5. The van der Waals surface area contributed by atoms with E-state index in [4.69, 9.17) is 24.7 Å². The van der Waals surface area contributed by atoms with Crippen molar-refractivity contribution < 1.29 is 28.5 Å². The highest BCUT2D eigenvalue weighted by Gasteiger charge is 2.16. The van der Waals surface area contributed by atoms with Gasteiger partial charge in [0.1, 0.15) is 0 Å². The largest absolute Gasteiger partial charge is 0.493 e. The molecule has 1 fully saturated rings. The quantitative estimate of drug-likeness (QED) is 0.0427. The van der Waals surface area contributed by atoms with Gasteiger partial charge in [0.25, 0.3) is 0 Å². The molecule has 65 heavy (non-hydrogen) atoms. The van der Waals surface area contributed by atoms with Crippen molar-refractivity contribution in [3.63, 3.8) is 0 Å². The van der Waals surface area contributed by atoms with E-state index in [1.807, 2.05) is 50.3 Å². The highest BCUT2D eigenvalue weighted by Crippen LogP contribution is 2.33. The molecular formula is C56H75N3O6. The summed E-state index contributed by atoms with van der Waals surface area (Å²) in [5, 5.41) is 0. The maximum absolute atomic E-state index is 11.7. The molecule has 0 bridgehead atoms. The van der Waals surface area contributed by atoms with Gasteiger partial charge in [-0.2, -0.15) is 0 Å². The number of carbonyl (C=O) groups excluding carboxylic acids is 2. The molecule has 1 saturated heterocycles. The first-order valence-corrected chi connectivity index (χ1v) is 22.7. The van der Waals surface area contributed by atoms with Crippen molar-refractivity contribution in [2.45, 2.75) is 74.7 Å². The van der Waals surface area contributed by atoms with Crippen molar-refractivity contribution >= 4 is 34.1 Å². The van der Waals surface area contributed by atoms with Crippen LogP contribution in [0.1, 0.15) is 104 Å². The number of nitrogens with zero attached hydrogens (tertiary/aromatic N) is 2. The number of likely N-dealkylation sites (N-methyl/N-ethyl adjacent to an activating group) is 1. The minimum absolute atomic E-state index is 0.0132. The van der Waals surface area contributed by atoms with Gasteiger partial charge in [0.05, 0.1) is 27.4 Å². The maximum Gasteiger partial charge on any atom is 0.161 e. The normalized spacial score (nSPS) is 13.8. The topological polar surface area (TPSA) is 104 Å². The first-order valence-electron chi connectivity index (χ1n) is 22.7. The van der Waals surface area contributed by atoms with Crippen molar-refractivity contribution in [1.82, 2.24) is 4.90 Å². The number of nitrogens with two attached hydrogens (primary N) is 1. The van der Waals surface area contributed by atoms with Crippen LogP contribution in [-0.2, 0) is 0 Å². The maximum atomic E-state index is 11.7. The zero-order chi connectivity index (χ0) is 48.1. The Bertz CT molecular complexity index is 2140. The molecule has 4 aromatic rings. The lowest BCUT2D eigenvalue weighted by Gasteiger charge is -2.34. The highest BCUT2D eigenvalue weighted by molar-refractivity contribution is 5.96. The van der Waals surface area contributed by atoms with Crippen LogP contribution in [0.4, 0.5) is 11.4 Å². The van der Waals surface area contributed by atoms with Crippen LogP contribution in [0.2, 0.25) is 0 Å². The molecule has 2 atom stereocenters. The van der Waals surface area contributed by atoms with Crippen LogP contribution in [0.3, 0.4) is 0 Å². The number of allylic oxidation sites excluding steroid dienone is 6. The summed E-state index contributed by atoms with van der Waals surface area (Å²) < 4.78 is 22.3. The summed E-state index contributed by atoms with van der Waals surface area (Å²) in [7, 11) is 5.28. The summed E-state index contributed by atoms with van der Waals surface area (Å²) in [6.07, 6.45) is 11.1. The second-order valence-electron chi connectivity index (χ2n) is 16.7. The Hall–Kier alpha value is -6.06. The molecule has 5 rings (SSSR count). The number of Topliss-reactive ketones (excluding diaryl/α,β-unsaturated/α-hetero) is 2. The number of rotatable bonds is 19. The van der Waals surface area contributed by atoms with Gasteiger partial charge in [-0.25, -0.2) is 0 Å². The number of anilines is 2. The second-order valence-corrected chi connectivity index (χ2v) is 16.7. The van der Waals surface area contributed by atoms with Crippen LogP contribution in [-0.4, -0.2) is 77.1 Å². The SMILES string of the molecule is C=CC(C)C/C(=C\C)c1ccc(N)cc1.C=CC(C)C/C(=C\C)c1ccc(N2CCN(C)CC2)cc1.COc1cc(C(C)=O)c(C)cc1OCCCOc1cc(C)c(C(C)=O)cc1OC. The average Bonchev–Trinajstić information content (AvgIpc) is 3.30. The lowest BCUT2D eigenvalue weighted by molar-refractivity contribution is 0.100. The predicted molar refractivity (Wildman–Crippen MR) is 273 cm³/mol. The molecule has 0 aliphatic carbocycles. The van der Waals surface area contributed by atoms with E-state index in [0.29, 0.717) is 65.6 Å². The third kappa shape index (κ3) is 16.8. The molecule has 0 radical (unpaired) electrons. The van der Waals surface area contributed by atoms with Gasteiger partial charge in [0, 0.05) is 55.1 Å². The number of piperazine rings is 1. The summed E-state index contributed by atoms with van der Waals surface area (Å²) >= 11 is 0. The first-order chi connectivity index (χ1) is 31.1. The van der Waals surface area contributed by atoms with E-state index in [9.17, 15) is 9.59 Å². The molecule has 2 N–H and O–H groups in total. The molecule has 2 unspecified atom stereocenters. The number of aryl methyl sites for hydroxylation is 2. The van der Waals surface area contributed by atoms with Gasteiger partial charge in [-0.3, -0.25) is 9.59 Å². The summed E-state index contributed by atoms with van der Waals surface area (Å²) in [6.45, 7) is 28.5. The Labute approximate surface area is 390 Å². The van der Waals surface area contributed by atoms with Crippen LogP contribution < -0.4 is 29.6 Å². The number of hydrogen-bond donors (Lipinski definition) is 1. The zero-order valence-corrected chi connectivity index (χ0v) is 41.1. The number of methoxy groups -OCH3 is 2. The fourth-order valence-corrected chi connectivity index (χ4v) is 7.36. The number of nitrogen functional groups attached to an aromatic ring is 1. The van der Waals surface area contributed by atoms with Crippen LogP contribution in [0.25, 0.3) is 11.1 Å². The minimum Gasteiger partial charge on any atom is -0.493 e.